The molecule has 3 heteroatoms. The first-order valence-electron chi connectivity index (χ1n) is 7.01. The van der Waals surface area contributed by atoms with Crippen molar-refractivity contribution in [2.75, 3.05) is 0 Å². The van der Waals surface area contributed by atoms with Crippen LogP contribution >= 0.6 is 0 Å². The average Bonchev–Trinajstić information content (AvgIpc) is 3.12. The van der Waals surface area contributed by atoms with Gasteiger partial charge in [0.2, 0.25) is 11.8 Å². The lowest BCUT2D eigenvalue weighted by molar-refractivity contribution is 0.548. The molecule has 0 amide bonds. The van der Waals surface area contributed by atoms with E-state index in [0.717, 1.165) is 5.56 Å². The summed E-state index contributed by atoms with van der Waals surface area (Å²) in [6.45, 7) is 4.27. The van der Waals surface area contributed by atoms with Gasteiger partial charge in [0.1, 0.15) is 0 Å². The summed E-state index contributed by atoms with van der Waals surface area (Å²) in [5.74, 6) is 2.57. The van der Waals surface area contributed by atoms with Crippen LogP contribution in [0.3, 0.4) is 0 Å². The largest absolute Gasteiger partial charge is 0.416 e. The molecule has 4 rings (SSSR count). The highest BCUT2D eigenvalue weighted by molar-refractivity contribution is 5.69. The minimum atomic E-state index is 0.589. The van der Waals surface area contributed by atoms with Gasteiger partial charge in [0.15, 0.2) is 0 Å². The summed E-state index contributed by atoms with van der Waals surface area (Å²) >= 11 is 0. The predicted octanol–water partition coefficient (Wildman–Crippen LogP) is 4.02. The second-order valence-electron chi connectivity index (χ2n) is 5.76. The van der Waals surface area contributed by atoms with Gasteiger partial charge in [-0.1, -0.05) is 35.4 Å². The van der Waals surface area contributed by atoms with Crippen molar-refractivity contribution in [2.24, 2.45) is 11.8 Å². The van der Waals surface area contributed by atoms with E-state index in [1.807, 2.05) is 12.1 Å². The molecule has 1 heterocycles. The molecule has 20 heavy (non-hydrogen) atoms. The maximum atomic E-state index is 5.86. The van der Waals surface area contributed by atoms with Crippen LogP contribution in [0.1, 0.15) is 24.8 Å². The maximum absolute atomic E-state index is 5.86. The SMILES string of the molecule is CC1=CC=C(c2nnc(-c3ccc(C)cc3)o2)C2CC12. The minimum absolute atomic E-state index is 0.589. The molecule has 1 aromatic carbocycles. The van der Waals surface area contributed by atoms with E-state index in [1.54, 1.807) is 0 Å². The van der Waals surface area contributed by atoms with Crippen LogP contribution < -0.4 is 0 Å². The van der Waals surface area contributed by atoms with Crippen LogP contribution in [-0.4, -0.2) is 10.2 Å². The van der Waals surface area contributed by atoms with Crippen molar-refractivity contribution in [3.63, 3.8) is 0 Å². The number of nitrogens with zero attached hydrogens (tertiary/aromatic N) is 2. The fourth-order valence-corrected chi connectivity index (χ4v) is 2.89. The molecule has 0 saturated heterocycles. The zero-order valence-corrected chi connectivity index (χ0v) is 11.6. The van der Waals surface area contributed by atoms with E-state index < -0.39 is 0 Å². The molecule has 2 atom stereocenters. The summed E-state index contributed by atoms with van der Waals surface area (Å²) in [5, 5.41) is 8.41. The zero-order valence-electron chi connectivity index (χ0n) is 11.6. The molecule has 2 unspecified atom stereocenters. The third-order valence-electron chi connectivity index (χ3n) is 4.27. The molecule has 0 N–H and O–H groups in total. The number of aryl methyl sites for hydroxylation is 1. The fraction of sp³-hybridized carbons (Fsp3) is 0.294. The van der Waals surface area contributed by atoms with E-state index in [4.69, 9.17) is 4.42 Å². The first-order valence-corrected chi connectivity index (χ1v) is 7.01. The lowest BCUT2D eigenvalue weighted by Gasteiger charge is -2.07. The molecule has 2 aromatic rings. The number of benzene rings is 1. The third-order valence-corrected chi connectivity index (χ3v) is 4.27. The highest BCUT2D eigenvalue weighted by atomic mass is 16.4. The van der Waals surface area contributed by atoms with Crippen molar-refractivity contribution in [3.8, 4) is 11.5 Å². The Morgan fingerprint density at radius 1 is 0.950 bits per heavy atom. The number of allylic oxidation sites excluding steroid dienone is 4. The third kappa shape index (κ3) is 1.82. The molecule has 3 nitrogen and oxygen atoms in total. The fourth-order valence-electron chi connectivity index (χ4n) is 2.89. The van der Waals surface area contributed by atoms with Crippen molar-refractivity contribution in [2.45, 2.75) is 20.3 Å². The molecule has 2 aliphatic carbocycles. The Kier molecular flexibility index (Phi) is 2.43. The van der Waals surface area contributed by atoms with Crippen molar-refractivity contribution in [1.82, 2.24) is 10.2 Å². The van der Waals surface area contributed by atoms with Gasteiger partial charge in [-0.3, -0.25) is 0 Å². The lowest BCUT2D eigenvalue weighted by Crippen LogP contribution is -1.95. The highest BCUT2D eigenvalue weighted by Crippen LogP contribution is 2.54. The molecule has 1 aromatic heterocycles. The van der Waals surface area contributed by atoms with Crippen LogP contribution in [0.5, 0.6) is 0 Å². The number of hydrogen-bond donors (Lipinski definition) is 0. The standard InChI is InChI=1S/C17H16N2O/c1-10-3-6-12(7-4-10)16-18-19-17(20-16)13-8-5-11(2)14-9-15(13)14/h3-8,14-15H,9H2,1-2H3. The van der Waals surface area contributed by atoms with Crippen molar-refractivity contribution in [3.05, 3.63) is 53.4 Å². The van der Waals surface area contributed by atoms with Crippen LogP contribution in [0.4, 0.5) is 0 Å². The molecular weight excluding hydrogens is 248 g/mol. The van der Waals surface area contributed by atoms with Gasteiger partial charge in [0.05, 0.1) is 0 Å². The second kappa shape index (κ2) is 4.17. The van der Waals surface area contributed by atoms with Crippen LogP contribution in [0, 0.1) is 18.8 Å². The molecule has 0 bridgehead atoms. The van der Waals surface area contributed by atoms with E-state index in [0.29, 0.717) is 23.6 Å². The molecule has 0 aliphatic heterocycles. The Bertz CT molecular complexity index is 722. The van der Waals surface area contributed by atoms with Crippen LogP contribution in [0.15, 0.2) is 46.4 Å². The van der Waals surface area contributed by atoms with Gasteiger partial charge in [0, 0.05) is 11.1 Å². The lowest BCUT2D eigenvalue weighted by atomic mass is 10.00. The predicted molar refractivity (Wildman–Crippen MR) is 77.8 cm³/mol. The van der Waals surface area contributed by atoms with E-state index in [1.165, 1.54) is 23.1 Å². The number of hydrogen-bond acceptors (Lipinski definition) is 3. The van der Waals surface area contributed by atoms with Gasteiger partial charge in [-0.05, 0) is 44.2 Å². The summed E-state index contributed by atoms with van der Waals surface area (Å²) in [6.07, 6.45) is 5.53. The minimum Gasteiger partial charge on any atom is -0.416 e. The van der Waals surface area contributed by atoms with E-state index in [2.05, 4.69) is 48.3 Å². The smallest absolute Gasteiger partial charge is 0.248 e. The van der Waals surface area contributed by atoms with Gasteiger partial charge in [-0.25, -0.2) is 0 Å². The normalized spacial score (nSPS) is 23.9. The van der Waals surface area contributed by atoms with Crippen LogP contribution in [0.2, 0.25) is 0 Å². The molecule has 0 spiro atoms. The molecule has 1 saturated carbocycles. The first-order chi connectivity index (χ1) is 9.72. The Morgan fingerprint density at radius 3 is 2.50 bits per heavy atom. The van der Waals surface area contributed by atoms with Crippen LogP contribution in [0.25, 0.3) is 17.0 Å². The van der Waals surface area contributed by atoms with Gasteiger partial charge >= 0.3 is 0 Å². The average molecular weight is 264 g/mol. The first kappa shape index (κ1) is 11.6. The molecule has 100 valence electrons. The van der Waals surface area contributed by atoms with Crippen molar-refractivity contribution >= 4 is 5.57 Å². The molecule has 1 fully saturated rings. The quantitative estimate of drug-likeness (QED) is 0.822. The Labute approximate surface area is 118 Å². The Hall–Kier alpha value is -2.16. The number of aromatic nitrogens is 2. The van der Waals surface area contributed by atoms with E-state index >= 15 is 0 Å². The number of fused-ring (bicyclic) bond motifs is 1. The summed E-state index contributed by atoms with van der Waals surface area (Å²) < 4.78 is 5.86. The summed E-state index contributed by atoms with van der Waals surface area (Å²) in [5.41, 5.74) is 4.87. The summed E-state index contributed by atoms with van der Waals surface area (Å²) in [7, 11) is 0. The Balaban J connectivity index is 1.67. The van der Waals surface area contributed by atoms with Gasteiger partial charge in [-0.15, -0.1) is 10.2 Å². The van der Waals surface area contributed by atoms with Gasteiger partial charge in [0.25, 0.3) is 0 Å². The number of rotatable bonds is 2. The van der Waals surface area contributed by atoms with Gasteiger partial charge in [-0.2, -0.15) is 0 Å². The summed E-state index contributed by atoms with van der Waals surface area (Å²) in [6, 6.07) is 8.15. The highest BCUT2D eigenvalue weighted by Gasteiger charge is 2.44. The summed E-state index contributed by atoms with van der Waals surface area (Å²) in [4.78, 5) is 0. The molecule has 0 radical (unpaired) electrons. The van der Waals surface area contributed by atoms with Crippen molar-refractivity contribution in [1.29, 1.82) is 0 Å². The monoisotopic (exact) mass is 264 g/mol. The molecular formula is C17H16N2O. The second-order valence-corrected chi connectivity index (χ2v) is 5.76. The van der Waals surface area contributed by atoms with E-state index in [9.17, 15) is 0 Å². The van der Waals surface area contributed by atoms with Crippen LogP contribution in [-0.2, 0) is 0 Å². The molecule has 2 aliphatic rings. The Morgan fingerprint density at radius 2 is 1.70 bits per heavy atom. The van der Waals surface area contributed by atoms with E-state index in [-0.39, 0.29) is 0 Å². The van der Waals surface area contributed by atoms with Crippen molar-refractivity contribution < 1.29 is 4.42 Å². The van der Waals surface area contributed by atoms with Gasteiger partial charge < -0.3 is 4.42 Å². The topological polar surface area (TPSA) is 38.9 Å². The maximum Gasteiger partial charge on any atom is 0.248 e. The zero-order chi connectivity index (χ0) is 13.7.